The summed E-state index contributed by atoms with van der Waals surface area (Å²) in [6.07, 6.45) is 2.99. The monoisotopic (exact) mass is 522 g/mol. The Morgan fingerprint density at radius 3 is 1.97 bits per heavy atom. The quantitative estimate of drug-likeness (QED) is 0.158. The number of benzene rings is 2. The molecule has 0 spiro atoms. The molecule has 0 saturated heterocycles. The molecule has 3 unspecified atom stereocenters. The maximum Gasteiger partial charge on any atom is 0.326 e. The molecule has 0 bridgehead atoms. The van der Waals surface area contributed by atoms with Crippen LogP contribution in [0.3, 0.4) is 0 Å². The van der Waals surface area contributed by atoms with E-state index < -0.39 is 41.8 Å². The number of aliphatic carboxylic acids is 1. The Morgan fingerprint density at radius 2 is 1.39 bits per heavy atom. The molecule has 1 aromatic heterocycles. The van der Waals surface area contributed by atoms with Gasteiger partial charge in [-0.15, -0.1) is 0 Å². The number of phenolic OH excluding ortho intramolecular Hbond substituents is 1. The summed E-state index contributed by atoms with van der Waals surface area (Å²) >= 11 is 0. The molecule has 3 rings (SSSR count). The summed E-state index contributed by atoms with van der Waals surface area (Å²) in [5.74, 6) is -3.15. The molecule has 0 saturated carbocycles. The highest BCUT2D eigenvalue weighted by Gasteiger charge is 2.30. The lowest BCUT2D eigenvalue weighted by Gasteiger charge is -2.24. The number of carbonyl (C=O) groups excluding carboxylic acids is 3. The summed E-state index contributed by atoms with van der Waals surface area (Å²) in [7, 11) is 0. The Bertz CT molecular complexity index is 1220. The van der Waals surface area contributed by atoms with E-state index in [2.05, 4.69) is 25.9 Å². The second-order valence-electron chi connectivity index (χ2n) is 8.63. The van der Waals surface area contributed by atoms with Crippen molar-refractivity contribution < 1.29 is 29.4 Å². The number of hydrogen-bond acceptors (Lipinski definition) is 7. The summed E-state index contributed by atoms with van der Waals surface area (Å²) in [5, 5.41) is 26.9. The van der Waals surface area contributed by atoms with Crippen molar-refractivity contribution in [1.82, 2.24) is 25.9 Å². The third kappa shape index (κ3) is 8.45. The van der Waals surface area contributed by atoms with E-state index in [1.165, 1.54) is 24.7 Å². The number of H-pyrrole nitrogens is 1. The van der Waals surface area contributed by atoms with E-state index in [0.29, 0.717) is 16.8 Å². The van der Waals surface area contributed by atoms with E-state index in [-0.39, 0.29) is 31.6 Å². The van der Waals surface area contributed by atoms with Crippen LogP contribution in [0.15, 0.2) is 67.1 Å². The molecule has 3 aromatic rings. The minimum Gasteiger partial charge on any atom is -0.508 e. The number of carbonyl (C=O) groups is 4. The molecule has 2 aromatic carbocycles. The SMILES string of the molecule is NCC(=O)NC(Cc1ccc(O)cc1)C(=O)NC(Cc1cnc[nH]1)C(=O)NC(Cc1ccccc1)C(=O)O. The molecule has 200 valence electrons. The van der Waals surface area contributed by atoms with Gasteiger partial charge in [0.05, 0.1) is 12.9 Å². The summed E-state index contributed by atoms with van der Waals surface area (Å²) in [6, 6.07) is 11.4. The Hall–Kier alpha value is -4.71. The highest BCUT2D eigenvalue weighted by atomic mass is 16.4. The van der Waals surface area contributed by atoms with Gasteiger partial charge >= 0.3 is 5.97 Å². The lowest BCUT2D eigenvalue weighted by atomic mass is 10.0. The predicted octanol–water partition coefficient (Wildman–Crippen LogP) is -0.359. The van der Waals surface area contributed by atoms with Crippen molar-refractivity contribution in [3.8, 4) is 5.75 Å². The number of imidazole rings is 1. The zero-order chi connectivity index (χ0) is 27.5. The van der Waals surface area contributed by atoms with Gasteiger partial charge in [-0.2, -0.15) is 0 Å². The highest BCUT2D eigenvalue weighted by Crippen LogP contribution is 2.12. The van der Waals surface area contributed by atoms with Gasteiger partial charge in [0, 0.05) is 31.2 Å². The number of aromatic amines is 1. The standard InChI is InChI=1S/C26H30N6O6/c27-13-23(34)30-20(10-17-6-8-19(33)9-7-17)24(35)31-21(12-18-14-28-15-29-18)25(36)32-22(26(37)38)11-16-4-2-1-3-5-16/h1-9,14-15,20-22,33H,10-13,27H2,(H,28,29)(H,30,34)(H,31,35)(H,32,36)(H,37,38). The first-order valence-electron chi connectivity index (χ1n) is 11.9. The molecule has 3 amide bonds. The van der Waals surface area contributed by atoms with Gasteiger partial charge in [0.1, 0.15) is 23.9 Å². The number of rotatable bonds is 13. The van der Waals surface area contributed by atoms with Crippen LogP contribution in [0, 0.1) is 0 Å². The van der Waals surface area contributed by atoms with Crippen LogP contribution in [0.25, 0.3) is 0 Å². The molecular weight excluding hydrogens is 492 g/mol. The Kier molecular flexibility index (Phi) is 9.94. The zero-order valence-corrected chi connectivity index (χ0v) is 20.5. The Morgan fingerprint density at radius 1 is 0.816 bits per heavy atom. The number of nitrogens with two attached hydrogens (primary N) is 1. The Balaban J connectivity index is 1.79. The smallest absolute Gasteiger partial charge is 0.326 e. The van der Waals surface area contributed by atoms with Gasteiger partial charge in [-0.05, 0) is 23.3 Å². The maximum absolute atomic E-state index is 13.3. The molecule has 0 aliphatic heterocycles. The van der Waals surface area contributed by atoms with Crippen molar-refractivity contribution in [1.29, 1.82) is 0 Å². The molecule has 38 heavy (non-hydrogen) atoms. The maximum atomic E-state index is 13.3. The van der Waals surface area contributed by atoms with Gasteiger partial charge in [-0.25, -0.2) is 9.78 Å². The molecule has 3 atom stereocenters. The molecule has 0 fully saturated rings. The van der Waals surface area contributed by atoms with Gasteiger partial charge < -0.3 is 36.9 Å². The molecule has 12 nitrogen and oxygen atoms in total. The van der Waals surface area contributed by atoms with Crippen molar-refractivity contribution in [2.45, 2.75) is 37.4 Å². The van der Waals surface area contributed by atoms with Crippen LogP contribution in [-0.4, -0.2) is 68.5 Å². The fraction of sp³-hybridized carbons (Fsp3) is 0.269. The molecular formula is C26H30N6O6. The van der Waals surface area contributed by atoms with Gasteiger partial charge in [0.2, 0.25) is 17.7 Å². The first kappa shape index (κ1) is 27.9. The minimum absolute atomic E-state index is 0.00792. The highest BCUT2D eigenvalue weighted by molar-refractivity contribution is 5.94. The minimum atomic E-state index is -1.24. The third-order valence-corrected chi connectivity index (χ3v) is 5.72. The van der Waals surface area contributed by atoms with Gasteiger partial charge in [-0.1, -0.05) is 42.5 Å². The molecule has 1 heterocycles. The second kappa shape index (κ2) is 13.6. The number of carboxylic acid groups (broad SMARTS) is 1. The van der Waals surface area contributed by atoms with Gasteiger partial charge in [0.15, 0.2) is 0 Å². The lowest BCUT2D eigenvalue weighted by Crippen LogP contribution is -2.57. The number of amides is 3. The average molecular weight is 523 g/mol. The lowest BCUT2D eigenvalue weighted by molar-refractivity contribution is -0.142. The summed E-state index contributed by atoms with van der Waals surface area (Å²) in [4.78, 5) is 57.2. The van der Waals surface area contributed by atoms with Crippen LogP contribution < -0.4 is 21.7 Å². The van der Waals surface area contributed by atoms with Crippen LogP contribution >= 0.6 is 0 Å². The van der Waals surface area contributed by atoms with Crippen molar-refractivity contribution in [3.05, 3.63) is 83.9 Å². The number of phenols is 1. The van der Waals surface area contributed by atoms with Gasteiger partial charge in [0.25, 0.3) is 0 Å². The number of hydrogen-bond donors (Lipinski definition) is 7. The van der Waals surface area contributed by atoms with Crippen molar-refractivity contribution in [2.24, 2.45) is 5.73 Å². The topological polar surface area (TPSA) is 200 Å². The van der Waals surface area contributed by atoms with Crippen LogP contribution in [-0.2, 0) is 38.4 Å². The van der Waals surface area contributed by atoms with E-state index >= 15 is 0 Å². The normalized spacial score (nSPS) is 13.1. The summed E-state index contributed by atoms with van der Waals surface area (Å²) < 4.78 is 0. The van der Waals surface area contributed by atoms with Crippen LogP contribution in [0.5, 0.6) is 5.75 Å². The van der Waals surface area contributed by atoms with Crippen molar-refractivity contribution >= 4 is 23.7 Å². The fourth-order valence-corrected chi connectivity index (χ4v) is 3.75. The molecule has 8 N–H and O–H groups in total. The molecule has 0 aliphatic carbocycles. The number of aromatic nitrogens is 2. The van der Waals surface area contributed by atoms with Gasteiger partial charge in [-0.3, -0.25) is 14.4 Å². The Labute approximate surface area is 218 Å². The third-order valence-electron chi connectivity index (χ3n) is 5.72. The van der Waals surface area contributed by atoms with Crippen molar-refractivity contribution in [2.75, 3.05) is 6.54 Å². The molecule has 12 heteroatoms. The van der Waals surface area contributed by atoms with Crippen LogP contribution in [0.4, 0.5) is 0 Å². The van der Waals surface area contributed by atoms with E-state index in [0.717, 1.165) is 0 Å². The van der Waals surface area contributed by atoms with Crippen molar-refractivity contribution in [3.63, 3.8) is 0 Å². The van der Waals surface area contributed by atoms with Crippen LogP contribution in [0.2, 0.25) is 0 Å². The fourth-order valence-electron chi connectivity index (χ4n) is 3.75. The second-order valence-corrected chi connectivity index (χ2v) is 8.63. The number of carboxylic acids is 1. The number of nitrogens with one attached hydrogen (secondary N) is 4. The van der Waals surface area contributed by atoms with E-state index in [1.54, 1.807) is 42.5 Å². The first-order chi connectivity index (χ1) is 18.2. The average Bonchev–Trinajstić information content (AvgIpc) is 3.42. The number of aromatic hydroxyl groups is 1. The number of nitrogens with zero attached hydrogens (tertiary/aromatic N) is 1. The molecule has 0 aliphatic rings. The predicted molar refractivity (Wildman–Crippen MR) is 137 cm³/mol. The van der Waals surface area contributed by atoms with Crippen LogP contribution in [0.1, 0.15) is 16.8 Å². The zero-order valence-electron chi connectivity index (χ0n) is 20.5. The van der Waals surface area contributed by atoms with E-state index in [9.17, 15) is 29.4 Å². The molecule has 0 radical (unpaired) electrons. The summed E-state index contributed by atoms with van der Waals surface area (Å²) in [5.41, 5.74) is 7.30. The van der Waals surface area contributed by atoms with E-state index in [1.807, 2.05) is 0 Å². The largest absolute Gasteiger partial charge is 0.508 e. The van der Waals surface area contributed by atoms with E-state index in [4.69, 9.17) is 5.73 Å². The first-order valence-corrected chi connectivity index (χ1v) is 11.9. The summed E-state index contributed by atoms with van der Waals surface area (Å²) in [6.45, 7) is -0.350.